The molecule has 2 atom stereocenters. The average molecular weight is 266 g/mol. The molecule has 4 aliphatic rings. The first-order chi connectivity index (χ1) is 7.72. The molecule has 0 saturated heterocycles. The van der Waals surface area contributed by atoms with E-state index in [1.165, 1.54) is 0 Å². The zero-order valence-electron chi connectivity index (χ0n) is 9.40. The van der Waals surface area contributed by atoms with Crippen molar-refractivity contribution in [2.75, 3.05) is 0 Å². The van der Waals surface area contributed by atoms with Crippen molar-refractivity contribution >= 4 is 10.1 Å². The van der Waals surface area contributed by atoms with Crippen molar-refractivity contribution < 1.29 is 21.8 Å². The van der Waals surface area contributed by atoms with Crippen molar-refractivity contribution in [3.63, 3.8) is 0 Å². The first-order valence-electron chi connectivity index (χ1n) is 6.07. The first-order valence-corrected chi connectivity index (χ1v) is 7.51. The molecule has 4 rings (SSSR count). The highest BCUT2D eigenvalue weighted by molar-refractivity contribution is 7.86. The fourth-order valence-electron chi connectivity index (χ4n) is 4.75. The molecule has 0 aromatic carbocycles. The second-order valence-corrected chi connectivity index (χ2v) is 7.74. The normalized spacial score (nSPS) is 44.5. The van der Waals surface area contributed by atoms with Gasteiger partial charge in [-0.1, -0.05) is 0 Å². The summed E-state index contributed by atoms with van der Waals surface area (Å²) in [4.78, 5) is 0. The van der Waals surface area contributed by atoms with Crippen LogP contribution in [0.3, 0.4) is 0 Å². The summed E-state index contributed by atoms with van der Waals surface area (Å²) in [6, 6.07) is 0. The Labute approximate surface area is 99.3 Å². The van der Waals surface area contributed by atoms with E-state index in [4.69, 9.17) is 4.55 Å². The maximum Gasteiger partial charge on any atom is 0.370 e. The van der Waals surface area contributed by atoms with E-state index in [2.05, 4.69) is 0 Å². The standard InChI is InChI=1S/C11H16F2O3S/c12-11(13,17(14,15)16)6-10-4-7-1-8(5-10)3-9(10)2-7/h7-9H,1-6H2,(H,14,15,16). The van der Waals surface area contributed by atoms with Gasteiger partial charge in [0.1, 0.15) is 0 Å². The molecule has 2 unspecified atom stereocenters. The molecule has 17 heavy (non-hydrogen) atoms. The topological polar surface area (TPSA) is 54.4 Å². The van der Waals surface area contributed by atoms with Crippen LogP contribution in [-0.2, 0) is 10.1 Å². The lowest BCUT2D eigenvalue weighted by Crippen LogP contribution is -2.37. The van der Waals surface area contributed by atoms with Crippen LogP contribution in [0.15, 0.2) is 0 Å². The van der Waals surface area contributed by atoms with Crippen molar-refractivity contribution in [3.8, 4) is 0 Å². The van der Waals surface area contributed by atoms with Crippen molar-refractivity contribution in [2.24, 2.45) is 23.2 Å². The molecular weight excluding hydrogens is 250 g/mol. The van der Waals surface area contributed by atoms with Gasteiger partial charge in [0, 0.05) is 6.42 Å². The molecule has 0 aromatic rings. The van der Waals surface area contributed by atoms with Crippen LogP contribution in [0.4, 0.5) is 8.78 Å². The van der Waals surface area contributed by atoms with Gasteiger partial charge in [-0.3, -0.25) is 4.55 Å². The number of hydrogen-bond acceptors (Lipinski definition) is 2. The summed E-state index contributed by atoms with van der Waals surface area (Å²) in [6.45, 7) is 0. The maximum atomic E-state index is 13.5. The third-order valence-electron chi connectivity index (χ3n) is 5.09. The average Bonchev–Trinajstić information content (AvgIpc) is 2.47. The van der Waals surface area contributed by atoms with Gasteiger partial charge in [-0.15, -0.1) is 0 Å². The van der Waals surface area contributed by atoms with Crippen LogP contribution >= 0.6 is 0 Å². The van der Waals surface area contributed by atoms with Crippen LogP contribution in [-0.4, -0.2) is 18.2 Å². The Morgan fingerprint density at radius 2 is 1.71 bits per heavy atom. The van der Waals surface area contributed by atoms with Crippen molar-refractivity contribution in [2.45, 2.75) is 43.8 Å². The maximum absolute atomic E-state index is 13.5. The molecule has 4 fully saturated rings. The lowest BCUT2D eigenvalue weighted by molar-refractivity contribution is 0.00800. The van der Waals surface area contributed by atoms with E-state index >= 15 is 0 Å². The van der Waals surface area contributed by atoms with E-state index in [-0.39, 0.29) is 5.92 Å². The zero-order valence-corrected chi connectivity index (χ0v) is 10.2. The van der Waals surface area contributed by atoms with E-state index in [1.54, 1.807) is 0 Å². The van der Waals surface area contributed by atoms with Gasteiger partial charge in [0.25, 0.3) is 0 Å². The van der Waals surface area contributed by atoms with Gasteiger partial charge >= 0.3 is 15.4 Å². The molecule has 98 valence electrons. The third kappa shape index (κ3) is 1.63. The smallest absolute Gasteiger partial charge is 0.281 e. The lowest BCUT2D eigenvalue weighted by atomic mass is 9.73. The quantitative estimate of drug-likeness (QED) is 0.799. The molecule has 4 saturated carbocycles. The lowest BCUT2D eigenvalue weighted by Gasteiger charge is -2.34. The van der Waals surface area contributed by atoms with E-state index in [9.17, 15) is 17.2 Å². The molecule has 0 heterocycles. The predicted octanol–water partition coefficient (Wildman–Crippen LogP) is 2.68. The third-order valence-corrected chi connectivity index (χ3v) is 5.99. The summed E-state index contributed by atoms with van der Waals surface area (Å²) >= 11 is 0. The molecule has 0 aromatic heterocycles. The molecule has 0 radical (unpaired) electrons. The second kappa shape index (κ2) is 3.20. The summed E-state index contributed by atoms with van der Waals surface area (Å²) in [5.41, 5.74) is -0.521. The Bertz CT molecular complexity index is 432. The summed E-state index contributed by atoms with van der Waals surface area (Å²) in [6.07, 6.45) is 3.82. The zero-order chi connectivity index (χ0) is 12.5. The van der Waals surface area contributed by atoms with Crippen LogP contribution < -0.4 is 0 Å². The number of rotatable bonds is 3. The highest BCUT2D eigenvalue weighted by Crippen LogP contribution is 2.68. The summed E-state index contributed by atoms with van der Waals surface area (Å²) in [5.74, 6) is 1.26. The molecular formula is C11H16F2O3S. The molecule has 4 aliphatic carbocycles. The van der Waals surface area contributed by atoms with Crippen molar-refractivity contribution in [1.29, 1.82) is 0 Å². The van der Waals surface area contributed by atoms with Gasteiger partial charge in [-0.25, -0.2) is 0 Å². The summed E-state index contributed by atoms with van der Waals surface area (Å²) < 4.78 is 57.1. The largest absolute Gasteiger partial charge is 0.370 e. The fourth-order valence-corrected chi connectivity index (χ4v) is 5.22. The highest BCUT2D eigenvalue weighted by atomic mass is 32.2. The minimum absolute atomic E-state index is 0.249. The van der Waals surface area contributed by atoms with E-state index in [0.29, 0.717) is 11.8 Å². The van der Waals surface area contributed by atoms with Gasteiger partial charge in [0.2, 0.25) is 0 Å². The van der Waals surface area contributed by atoms with E-state index in [1.807, 2.05) is 0 Å². The number of halogens is 2. The Hall–Kier alpha value is -0.230. The fraction of sp³-hybridized carbons (Fsp3) is 1.00. The monoisotopic (exact) mass is 266 g/mol. The Balaban J connectivity index is 1.87. The van der Waals surface area contributed by atoms with Crippen LogP contribution in [0.2, 0.25) is 0 Å². The van der Waals surface area contributed by atoms with E-state index < -0.39 is 27.2 Å². The minimum Gasteiger partial charge on any atom is -0.281 e. The minimum atomic E-state index is -5.27. The predicted molar refractivity (Wildman–Crippen MR) is 57.1 cm³/mol. The molecule has 6 heteroatoms. The Kier molecular flexibility index (Phi) is 2.23. The molecule has 0 amide bonds. The van der Waals surface area contributed by atoms with Gasteiger partial charge in [0.15, 0.2) is 0 Å². The second-order valence-electron chi connectivity index (χ2n) is 6.20. The SMILES string of the molecule is O=S(=O)(O)C(F)(F)CC12CC3CC(CC1C3)C2. The van der Waals surface area contributed by atoms with Crippen LogP contribution in [0, 0.1) is 23.2 Å². The molecule has 3 nitrogen and oxygen atoms in total. The summed E-state index contributed by atoms with van der Waals surface area (Å²) in [5, 5.41) is -3.98. The highest BCUT2D eigenvalue weighted by Gasteiger charge is 2.62. The van der Waals surface area contributed by atoms with E-state index in [0.717, 1.165) is 32.1 Å². The van der Waals surface area contributed by atoms with Crippen LogP contribution in [0.25, 0.3) is 0 Å². The van der Waals surface area contributed by atoms with Crippen molar-refractivity contribution in [1.82, 2.24) is 0 Å². The van der Waals surface area contributed by atoms with Gasteiger partial charge < -0.3 is 0 Å². The molecule has 1 N–H and O–H groups in total. The molecule has 4 bridgehead atoms. The Morgan fingerprint density at radius 1 is 1.18 bits per heavy atom. The Morgan fingerprint density at radius 3 is 2.18 bits per heavy atom. The van der Waals surface area contributed by atoms with Crippen molar-refractivity contribution in [3.05, 3.63) is 0 Å². The van der Waals surface area contributed by atoms with Gasteiger partial charge in [-0.05, 0) is 55.3 Å². The number of alkyl halides is 2. The van der Waals surface area contributed by atoms with Crippen LogP contribution in [0.1, 0.15) is 38.5 Å². The van der Waals surface area contributed by atoms with Gasteiger partial charge in [0.05, 0.1) is 0 Å². The number of hydrogen-bond donors (Lipinski definition) is 1. The van der Waals surface area contributed by atoms with Gasteiger partial charge in [-0.2, -0.15) is 17.2 Å². The molecule has 0 spiro atoms. The van der Waals surface area contributed by atoms with Crippen LogP contribution in [0.5, 0.6) is 0 Å². The summed E-state index contributed by atoms with van der Waals surface area (Å²) in [7, 11) is -5.27. The molecule has 0 aliphatic heterocycles. The first kappa shape index (κ1) is 11.8.